The lowest BCUT2D eigenvalue weighted by Gasteiger charge is -2.36. The molecular weight excluding hydrogens is 278 g/mol. The van der Waals surface area contributed by atoms with Crippen LogP contribution >= 0.6 is 11.3 Å². The molecule has 2 rings (SSSR count). The highest BCUT2D eigenvalue weighted by Gasteiger charge is 2.26. The van der Waals surface area contributed by atoms with Gasteiger partial charge in [-0.3, -0.25) is 0 Å². The first-order valence-electron chi connectivity index (χ1n) is 7.25. The van der Waals surface area contributed by atoms with Gasteiger partial charge >= 0.3 is 0 Å². The zero-order valence-electron chi connectivity index (χ0n) is 12.3. The van der Waals surface area contributed by atoms with Crippen molar-refractivity contribution < 1.29 is 0 Å². The summed E-state index contributed by atoms with van der Waals surface area (Å²) in [6, 6.07) is 16.8. The molecule has 0 fully saturated rings. The third-order valence-electron chi connectivity index (χ3n) is 3.60. The first kappa shape index (κ1) is 15.6. The van der Waals surface area contributed by atoms with Crippen molar-refractivity contribution in [3.63, 3.8) is 0 Å². The molecule has 0 radical (unpaired) electrons. The molecule has 2 N–H and O–H groups in total. The first-order chi connectivity index (χ1) is 10.3. The number of para-hydroxylation sites is 1. The fourth-order valence-corrected chi connectivity index (χ4v) is 3.41. The van der Waals surface area contributed by atoms with Crippen LogP contribution in [0.5, 0.6) is 0 Å². The van der Waals surface area contributed by atoms with Crippen LogP contribution in [0.2, 0.25) is 0 Å². The lowest BCUT2D eigenvalue weighted by molar-refractivity contribution is 0.497. The largest absolute Gasteiger partial charge is 0.361 e. The van der Waals surface area contributed by atoms with E-state index in [0.717, 1.165) is 12.1 Å². The minimum atomic E-state index is 0.0440. The van der Waals surface area contributed by atoms with Crippen molar-refractivity contribution in [3.8, 4) is 6.07 Å². The number of nitriles is 1. The van der Waals surface area contributed by atoms with Crippen molar-refractivity contribution in [1.29, 1.82) is 5.26 Å². The summed E-state index contributed by atoms with van der Waals surface area (Å²) in [7, 11) is 0. The Morgan fingerprint density at radius 2 is 2.00 bits per heavy atom. The van der Waals surface area contributed by atoms with Crippen LogP contribution in [0.15, 0.2) is 47.8 Å². The molecule has 0 aliphatic heterocycles. The summed E-state index contributed by atoms with van der Waals surface area (Å²) < 4.78 is 0. The Balaban J connectivity index is 2.38. The van der Waals surface area contributed by atoms with E-state index in [4.69, 9.17) is 11.0 Å². The van der Waals surface area contributed by atoms with E-state index in [2.05, 4.69) is 47.5 Å². The Labute approximate surface area is 130 Å². The average molecular weight is 299 g/mol. The van der Waals surface area contributed by atoms with E-state index in [1.807, 2.05) is 18.2 Å². The zero-order chi connectivity index (χ0) is 15.1. The number of anilines is 1. The Bertz CT molecular complexity index is 559. The number of thiophene rings is 1. The minimum absolute atomic E-state index is 0.0440. The minimum Gasteiger partial charge on any atom is -0.361 e. The van der Waals surface area contributed by atoms with Crippen molar-refractivity contribution in [3.05, 3.63) is 52.7 Å². The van der Waals surface area contributed by atoms with Gasteiger partial charge in [0.2, 0.25) is 0 Å². The van der Waals surface area contributed by atoms with Gasteiger partial charge in [0.1, 0.15) is 0 Å². The molecule has 2 atom stereocenters. The van der Waals surface area contributed by atoms with Crippen LogP contribution < -0.4 is 10.6 Å². The molecule has 3 nitrogen and oxygen atoms in total. The van der Waals surface area contributed by atoms with Crippen LogP contribution in [0.3, 0.4) is 0 Å². The number of nitrogens with two attached hydrogens (primary N) is 1. The maximum absolute atomic E-state index is 8.96. The van der Waals surface area contributed by atoms with Gasteiger partial charge < -0.3 is 10.6 Å². The number of nitrogens with zero attached hydrogens (tertiary/aromatic N) is 2. The molecule has 0 bridgehead atoms. The second-order valence-electron chi connectivity index (χ2n) is 4.97. The topological polar surface area (TPSA) is 53.0 Å². The molecule has 0 aliphatic rings. The predicted octanol–water partition coefficient (Wildman–Crippen LogP) is 3.95. The first-order valence-corrected chi connectivity index (χ1v) is 8.13. The molecule has 1 heterocycles. The quantitative estimate of drug-likeness (QED) is 0.842. The van der Waals surface area contributed by atoms with Crippen LogP contribution in [-0.2, 0) is 0 Å². The van der Waals surface area contributed by atoms with E-state index >= 15 is 0 Å². The number of hydrogen-bond donors (Lipinski definition) is 1. The smallest absolute Gasteiger partial charge is 0.0786 e. The number of hydrogen-bond acceptors (Lipinski definition) is 4. The van der Waals surface area contributed by atoms with Crippen molar-refractivity contribution in [2.45, 2.75) is 31.8 Å². The molecule has 0 spiro atoms. The molecule has 0 saturated carbocycles. The van der Waals surface area contributed by atoms with Gasteiger partial charge in [-0.05, 0) is 30.0 Å². The number of benzene rings is 1. The van der Waals surface area contributed by atoms with E-state index in [-0.39, 0.29) is 12.1 Å². The maximum atomic E-state index is 8.96. The molecule has 2 aromatic rings. The molecule has 0 aliphatic carbocycles. The van der Waals surface area contributed by atoms with Crippen LogP contribution in [-0.4, -0.2) is 12.6 Å². The molecule has 110 valence electrons. The van der Waals surface area contributed by atoms with Crippen LogP contribution in [0.25, 0.3) is 0 Å². The summed E-state index contributed by atoms with van der Waals surface area (Å²) in [6.07, 6.45) is 1.39. The second-order valence-corrected chi connectivity index (χ2v) is 5.95. The van der Waals surface area contributed by atoms with E-state index in [0.29, 0.717) is 13.0 Å². The molecular formula is C17H21N3S. The molecule has 4 heteroatoms. The molecule has 1 aromatic carbocycles. The SMILES string of the molecule is CCC(N)C(c1cccs1)N(CCC#N)c1ccccc1. The van der Waals surface area contributed by atoms with Gasteiger partial charge in [0.05, 0.1) is 18.5 Å². The van der Waals surface area contributed by atoms with Crippen molar-refractivity contribution in [2.24, 2.45) is 5.73 Å². The van der Waals surface area contributed by atoms with E-state index < -0.39 is 0 Å². The Morgan fingerprint density at radius 1 is 1.24 bits per heavy atom. The third kappa shape index (κ3) is 3.84. The van der Waals surface area contributed by atoms with Gasteiger partial charge in [-0.25, -0.2) is 0 Å². The van der Waals surface area contributed by atoms with Gasteiger partial charge in [0.25, 0.3) is 0 Å². The lowest BCUT2D eigenvalue weighted by Crippen LogP contribution is -2.41. The van der Waals surface area contributed by atoms with Crippen molar-refractivity contribution >= 4 is 17.0 Å². The van der Waals surface area contributed by atoms with Gasteiger partial charge in [-0.1, -0.05) is 31.2 Å². The van der Waals surface area contributed by atoms with Crippen molar-refractivity contribution in [1.82, 2.24) is 0 Å². The monoisotopic (exact) mass is 299 g/mol. The summed E-state index contributed by atoms with van der Waals surface area (Å²) in [5, 5.41) is 11.0. The molecule has 0 saturated heterocycles. The van der Waals surface area contributed by atoms with Gasteiger partial charge in [0, 0.05) is 23.2 Å². The maximum Gasteiger partial charge on any atom is 0.0786 e. The summed E-state index contributed by atoms with van der Waals surface area (Å²) in [4.78, 5) is 3.52. The Kier molecular flexibility index (Phi) is 5.79. The highest BCUT2D eigenvalue weighted by atomic mass is 32.1. The average Bonchev–Trinajstić information content (AvgIpc) is 3.05. The van der Waals surface area contributed by atoms with E-state index in [1.54, 1.807) is 11.3 Å². The van der Waals surface area contributed by atoms with Gasteiger partial charge in [-0.15, -0.1) is 11.3 Å². The van der Waals surface area contributed by atoms with Crippen LogP contribution in [0, 0.1) is 11.3 Å². The fourth-order valence-electron chi connectivity index (χ4n) is 2.50. The highest BCUT2D eigenvalue weighted by molar-refractivity contribution is 7.10. The highest BCUT2D eigenvalue weighted by Crippen LogP contribution is 2.32. The lowest BCUT2D eigenvalue weighted by atomic mass is 10.0. The summed E-state index contributed by atoms with van der Waals surface area (Å²) in [6.45, 7) is 2.80. The summed E-state index contributed by atoms with van der Waals surface area (Å²) in [5.41, 5.74) is 7.52. The van der Waals surface area contributed by atoms with Crippen LogP contribution in [0.4, 0.5) is 5.69 Å². The van der Waals surface area contributed by atoms with Crippen LogP contribution in [0.1, 0.15) is 30.7 Å². The van der Waals surface area contributed by atoms with Gasteiger partial charge in [-0.2, -0.15) is 5.26 Å². The molecule has 0 amide bonds. The second kappa shape index (κ2) is 7.82. The summed E-state index contributed by atoms with van der Waals surface area (Å²) in [5.74, 6) is 0. The molecule has 2 unspecified atom stereocenters. The third-order valence-corrected chi connectivity index (χ3v) is 4.54. The van der Waals surface area contributed by atoms with E-state index in [9.17, 15) is 0 Å². The van der Waals surface area contributed by atoms with E-state index in [1.165, 1.54) is 4.88 Å². The van der Waals surface area contributed by atoms with Gasteiger partial charge in [0.15, 0.2) is 0 Å². The predicted molar refractivity (Wildman–Crippen MR) is 89.3 cm³/mol. The summed E-state index contributed by atoms with van der Waals surface area (Å²) >= 11 is 1.73. The standard InChI is InChI=1S/C17H21N3S/c1-2-15(19)17(16-10-6-13-21-16)20(12-7-11-18)14-8-4-3-5-9-14/h3-6,8-10,13,15,17H,2,7,12,19H2,1H3. The fraction of sp³-hybridized carbons (Fsp3) is 0.353. The Hall–Kier alpha value is -1.83. The number of rotatable bonds is 7. The molecule has 1 aromatic heterocycles. The molecule has 21 heavy (non-hydrogen) atoms. The normalized spacial score (nSPS) is 13.4. The zero-order valence-corrected chi connectivity index (χ0v) is 13.1. The Morgan fingerprint density at radius 3 is 2.57 bits per heavy atom. The van der Waals surface area contributed by atoms with Crippen molar-refractivity contribution in [2.75, 3.05) is 11.4 Å².